The summed E-state index contributed by atoms with van der Waals surface area (Å²) in [7, 11) is 0. The van der Waals surface area contributed by atoms with E-state index in [-0.39, 0.29) is 16.9 Å². The Hall–Kier alpha value is -1.33. The molecule has 1 aromatic carbocycles. The van der Waals surface area contributed by atoms with Gasteiger partial charge in [-0.1, -0.05) is 17.7 Å². The zero-order valence-corrected chi connectivity index (χ0v) is 15.1. The number of fused-ring (bicyclic) bond motifs is 1. The van der Waals surface area contributed by atoms with E-state index in [0.29, 0.717) is 25.0 Å². The minimum atomic E-state index is -0.478. The first-order valence-electron chi connectivity index (χ1n) is 8.39. The molecule has 2 aliphatic rings. The van der Waals surface area contributed by atoms with Crippen molar-refractivity contribution in [2.24, 2.45) is 5.92 Å². The molecule has 3 rings (SSSR count). The molecule has 0 unspecified atom stereocenters. The average molecular weight is 355 g/mol. The van der Waals surface area contributed by atoms with Gasteiger partial charge in [-0.2, -0.15) is 0 Å². The molecule has 0 radical (unpaired) electrons. The van der Waals surface area contributed by atoms with Gasteiger partial charge < -0.3 is 9.64 Å². The summed E-state index contributed by atoms with van der Waals surface area (Å²) in [5.41, 5.74) is 0.429. The highest BCUT2D eigenvalue weighted by Gasteiger charge is 2.44. The maximum absolute atomic E-state index is 13.6. The fourth-order valence-electron chi connectivity index (χ4n) is 3.45. The monoisotopic (exact) mass is 354 g/mol. The highest BCUT2D eigenvalue weighted by molar-refractivity contribution is 6.30. The van der Waals surface area contributed by atoms with Crippen molar-refractivity contribution in [2.45, 2.75) is 45.4 Å². The molecule has 2 fully saturated rings. The Morgan fingerprint density at radius 3 is 2.79 bits per heavy atom. The predicted molar refractivity (Wildman–Crippen MR) is 91.5 cm³/mol. The Kier molecular flexibility index (Phi) is 4.76. The summed E-state index contributed by atoms with van der Waals surface area (Å²) >= 11 is 5.74. The number of nitrogens with zero attached hydrogens (tertiary/aromatic N) is 2. The molecule has 0 aromatic heterocycles. The summed E-state index contributed by atoms with van der Waals surface area (Å²) < 4.78 is 19.1. The van der Waals surface area contributed by atoms with Crippen molar-refractivity contribution in [1.29, 1.82) is 0 Å². The first-order chi connectivity index (χ1) is 11.2. The highest BCUT2D eigenvalue weighted by Crippen LogP contribution is 2.34. The summed E-state index contributed by atoms with van der Waals surface area (Å²) in [6, 6.07) is 5.26. The number of piperidine rings is 1. The third-order valence-electron chi connectivity index (χ3n) is 4.68. The number of amides is 1. The molecule has 0 spiro atoms. The van der Waals surface area contributed by atoms with Crippen LogP contribution in [0.4, 0.5) is 9.18 Å². The zero-order valence-electron chi connectivity index (χ0n) is 14.4. The van der Waals surface area contributed by atoms with Gasteiger partial charge in [-0.05, 0) is 50.8 Å². The van der Waals surface area contributed by atoms with Crippen molar-refractivity contribution in [3.63, 3.8) is 0 Å². The number of rotatable bonds is 2. The minimum Gasteiger partial charge on any atom is -0.444 e. The van der Waals surface area contributed by atoms with Gasteiger partial charge in [-0.3, -0.25) is 4.90 Å². The maximum Gasteiger partial charge on any atom is 0.410 e. The Bertz CT molecular complexity index is 632. The van der Waals surface area contributed by atoms with E-state index >= 15 is 0 Å². The molecular formula is C18H24ClFN2O2. The van der Waals surface area contributed by atoms with E-state index in [2.05, 4.69) is 4.90 Å². The molecule has 2 saturated heterocycles. The van der Waals surface area contributed by atoms with Crippen LogP contribution in [0.5, 0.6) is 0 Å². The van der Waals surface area contributed by atoms with Crippen molar-refractivity contribution >= 4 is 17.7 Å². The molecule has 132 valence electrons. The normalized spacial score (nSPS) is 24.3. The first kappa shape index (κ1) is 17.5. The average Bonchev–Trinajstić information content (AvgIpc) is 2.46. The van der Waals surface area contributed by atoms with Gasteiger partial charge in [0.05, 0.1) is 5.02 Å². The predicted octanol–water partition coefficient (Wildman–Crippen LogP) is 3.92. The number of hydrogen-bond donors (Lipinski definition) is 0. The molecular weight excluding hydrogens is 331 g/mol. The van der Waals surface area contributed by atoms with E-state index in [1.54, 1.807) is 11.0 Å². The molecule has 1 aromatic rings. The van der Waals surface area contributed by atoms with Crippen molar-refractivity contribution in [3.8, 4) is 0 Å². The number of carbonyl (C=O) groups excluding carboxylic acids is 1. The maximum atomic E-state index is 13.6. The van der Waals surface area contributed by atoms with Gasteiger partial charge in [-0.25, -0.2) is 9.18 Å². The van der Waals surface area contributed by atoms with Gasteiger partial charge in [0.1, 0.15) is 11.4 Å². The van der Waals surface area contributed by atoms with Crippen LogP contribution >= 0.6 is 11.6 Å². The Morgan fingerprint density at radius 2 is 2.12 bits per heavy atom. The molecule has 0 aliphatic carbocycles. The Balaban J connectivity index is 1.59. The zero-order chi connectivity index (χ0) is 17.5. The SMILES string of the molecule is CC(C)(C)OC(=O)N1CC[C@@H]2CN(Cc3ccc(Cl)c(F)c3)[C@@H]2C1. The van der Waals surface area contributed by atoms with Gasteiger partial charge >= 0.3 is 6.09 Å². The van der Waals surface area contributed by atoms with Crippen molar-refractivity contribution in [3.05, 3.63) is 34.6 Å². The van der Waals surface area contributed by atoms with Crippen molar-refractivity contribution < 1.29 is 13.9 Å². The lowest BCUT2D eigenvalue weighted by atomic mass is 9.82. The minimum absolute atomic E-state index is 0.147. The summed E-state index contributed by atoms with van der Waals surface area (Å²) in [6.07, 6.45) is 0.750. The third-order valence-corrected chi connectivity index (χ3v) is 4.99. The number of benzene rings is 1. The summed E-state index contributed by atoms with van der Waals surface area (Å²) in [5, 5.41) is 0.147. The van der Waals surface area contributed by atoms with E-state index in [1.807, 2.05) is 26.8 Å². The van der Waals surface area contributed by atoms with Gasteiger partial charge in [0.2, 0.25) is 0 Å². The largest absolute Gasteiger partial charge is 0.444 e. The quantitative estimate of drug-likeness (QED) is 0.807. The molecule has 24 heavy (non-hydrogen) atoms. The number of halogens is 2. The van der Waals surface area contributed by atoms with Crippen LogP contribution in [0.25, 0.3) is 0 Å². The van der Waals surface area contributed by atoms with E-state index in [4.69, 9.17) is 16.3 Å². The highest BCUT2D eigenvalue weighted by atomic mass is 35.5. The van der Waals surface area contributed by atoms with E-state index < -0.39 is 5.60 Å². The first-order valence-corrected chi connectivity index (χ1v) is 8.76. The number of likely N-dealkylation sites (tertiary alicyclic amines) is 2. The van der Waals surface area contributed by atoms with Gasteiger partial charge in [-0.15, -0.1) is 0 Å². The fraction of sp³-hybridized carbons (Fsp3) is 0.611. The van der Waals surface area contributed by atoms with Crippen LogP contribution in [0.1, 0.15) is 32.8 Å². The van der Waals surface area contributed by atoms with Crippen LogP contribution in [-0.2, 0) is 11.3 Å². The van der Waals surface area contributed by atoms with Crippen LogP contribution in [0.3, 0.4) is 0 Å². The molecule has 2 heterocycles. The molecule has 0 N–H and O–H groups in total. The van der Waals surface area contributed by atoms with Crippen LogP contribution in [0.15, 0.2) is 18.2 Å². The summed E-state index contributed by atoms with van der Waals surface area (Å²) in [4.78, 5) is 16.3. The lowest BCUT2D eigenvalue weighted by Gasteiger charge is -2.53. The molecule has 4 nitrogen and oxygen atoms in total. The van der Waals surface area contributed by atoms with Crippen LogP contribution in [0, 0.1) is 11.7 Å². The lowest BCUT2D eigenvalue weighted by molar-refractivity contribution is -0.0557. The molecule has 0 saturated carbocycles. The number of ether oxygens (including phenoxy) is 1. The van der Waals surface area contributed by atoms with Gasteiger partial charge in [0.25, 0.3) is 0 Å². The fourth-order valence-corrected chi connectivity index (χ4v) is 3.57. The lowest BCUT2D eigenvalue weighted by Crippen LogP contribution is -2.64. The van der Waals surface area contributed by atoms with E-state index in [9.17, 15) is 9.18 Å². The number of carbonyl (C=O) groups is 1. The Labute approximate surface area is 147 Å². The number of hydrogen-bond acceptors (Lipinski definition) is 3. The summed E-state index contributed by atoms with van der Waals surface area (Å²) in [6.45, 7) is 8.73. The molecule has 6 heteroatoms. The van der Waals surface area contributed by atoms with E-state index in [1.165, 1.54) is 6.07 Å². The van der Waals surface area contributed by atoms with Crippen molar-refractivity contribution in [2.75, 3.05) is 19.6 Å². The second-order valence-electron chi connectivity index (χ2n) is 7.72. The van der Waals surface area contributed by atoms with Crippen LogP contribution < -0.4 is 0 Å². The molecule has 2 atom stereocenters. The molecule has 2 aliphatic heterocycles. The van der Waals surface area contributed by atoms with Gasteiger partial charge in [0.15, 0.2) is 0 Å². The summed E-state index contributed by atoms with van der Waals surface area (Å²) in [5.74, 6) is 0.228. The Morgan fingerprint density at radius 1 is 1.38 bits per heavy atom. The second kappa shape index (κ2) is 6.52. The second-order valence-corrected chi connectivity index (χ2v) is 8.13. The third kappa shape index (κ3) is 3.83. The standard InChI is InChI=1S/C18H24ClFN2O2/c1-18(2,3)24-17(23)21-7-6-13-10-22(16(13)11-21)9-12-4-5-14(19)15(20)8-12/h4-5,8,13,16H,6-7,9-11H2,1-3H3/t13-,16-/m1/s1. The van der Waals surface area contributed by atoms with Gasteiger partial charge in [0, 0.05) is 32.2 Å². The van der Waals surface area contributed by atoms with Crippen LogP contribution in [0.2, 0.25) is 5.02 Å². The molecule has 0 bridgehead atoms. The smallest absolute Gasteiger partial charge is 0.410 e. The topological polar surface area (TPSA) is 32.8 Å². The molecule has 1 amide bonds. The van der Waals surface area contributed by atoms with Crippen LogP contribution in [-0.4, -0.2) is 47.2 Å². The van der Waals surface area contributed by atoms with Crippen molar-refractivity contribution in [1.82, 2.24) is 9.80 Å². The van der Waals surface area contributed by atoms with E-state index in [0.717, 1.165) is 25.1 Å².